The largest absolute Gasteiger partial charge is 0.479 e. The maximum atomic E-state index is 11.2. The fourth-order valence-electron chi connectivity index (χ4n) is 1.48. The quantitative estimate of drug-likeness (QED) is 0.670. The number of benzene rings is 1. The number of hydrogen-bond donors (Lipinski definition) is 0. The molecule has 0 radical (unpaired) electrons. The molecular formula is C11H12O3. The molecule has 2 unspecified atom stereocenters. The highest BCUT2D eigenvalue weighted by molar-refractivity contribution is 5.77. The molecule has 1 aliphatic rings. The summed E-state index contributed by atoms with van der Waals surface area (Å²) in [5, 5.41) is 0. The van der Waals surface area contributed by atoms with Gasteiger partial charge in [-0.25, -0.2) is 4.79 Å². The van der Waals surface area contributed by atoms with Crippen molar-refractivity contribution in [3.8, 4) is 5.75 Å². The van der Waals surface area contributed by atoms with Crippen LogP contribution in [0.5, 0.6) is 5.75 Å². The first-order valence-corrected chi connectivity index (χ1v) is 4.68. The number of hydrogen-bond acceptors (Lipinski definition) is 3. The molecule has 0 amide bonds. The minimum absolute atomic E-state index is 0.0313. The summed E-state index contributed by atoms with van der Waals surface area (Å²) in [5.74, 6) is 0.449. The number of esters is 1. The Bertz CT molecular complexity index is 321. The summed E-state index contributed by atoms with van der Waals surface area (Å²) < 4.78 is 10.5. The van der Waals surface area contributed by atoms with Crippen molar-refractivity contribution in [2.24, 2.45) is 0 Å². The lowest BCUT2D eigenvalue weighted by Crippen LogP contribution is -2.21. The van der Waals surface area contributed by atoms with Crippen LogP contribution in [0.1, 0.15) is 13.3 Å². The number of ether oxygens (including phenoxy) is 2. The van der Waals surface area contributed by atoms with Gasteiger partial charge in [0.05, 0.1) is 0 Å². The zero-order valence-electron chi connectivity index (χ0n) is 7.97. The Labute approximate surface area is 82.6 Å². The number of carbonyl (C=O) groups is 1. The predicted molar refractivity (Wildman–Crippen MR) is 51.0 cm³/mol. The normalized spacial score (nSPS) is 25.9. The second-order valence-electron chi connectivity index (χ2n) is 3.40. The molecule has 3 heteroatoms. The van der Waals surface area contributed by atoms with Crippen molar-refractivity contribution < 1.29 is 14.3 Å². The second kappa shape index (κ2) is 3.70. The average Bonchev–Trinajstić information content (AvgIpc) is 2.47. The second-order valence-corrected chi connectivity index (χ2v) is 3.40. The topological polar surface area (TPSA) is 35.5 Å². The standard InChI is InChI=1S/C11H12O3/c1-8-7-10(11(12)13-8)14-9-5-3-2-4-6-9/h2-6,8,10H,7H2,1H3. The lowest BCUT2D eigenvalue weighted by Gasteiger charge is -2.08. The smallest absolute Gasteiger partial charge is 0.347 e. The van der Waals surface area contributed by atoms with Crippen LogP contribution in [-0.4, -0.2) is 18.2 Å². The molecule has 0 aliphatic carbocycles. The van der Waals surface area contributed by atoms with E-state index in [1.54, 1.807) is 0 Å². The van der Waals surface area contributed by atoms with Gasteiger partial charge < -0.3 is 9.47 Å². The van der Waals surface area contributed by atoms with E-state index in [9.17, 15) is 4.79 Å². The van der Waals surface area contributed by atoms with E-state index in [4.69, 9.17) is 9.47 Å². The van der Waals surface area contributed by atoms with Crippen LogP contribution in [0.25, 0.3) is 0 Å². The summed E-state index contributed by atoms with van der Waals surface area (Å²) in [7, 11) is 0. The average molecular weight is 192 g/mol. The lowest BCUT2D eigenvalue weighted by molar-refractivity contribution is -0.145. The Balaban J connectivity index is 2.02. The molecule has 3 nitrogen and oxygen atoms in total. The summed E-state index contributed by atoms with van der Waals surface area (Å²) in [4.78, 5) is 11.2. The van der Waals surface area contributed by atoms with Gasteiger partial charge in [-0.2, -0.15) is 0 Å². The number of para-hydroxylation sites is 1. The van der Waals surface area contributed by atoms with Crippen LogP contribution in [0, 0.1) is 0 Å². The summed E-state index contributed by atoms with van der Waals surface area (Å²) in [6, 6.07) is 9.31. The minimum atomic E-state index is -0.438. The lowest BCUT2D eigenvalue weighted by atomic mass is 10.2. The molecule has 1 fully saturated rings. The molecule has 1 aliphatic heterocycles. The molecular weight excluding hydrogens is 180 g/mol. The fourth-order valence-corrected chi connectivity index (χ4v) is 1.48. The molecule has 1 heterocycles. The molecule has 1 saturated heterocycles. The van der Waals surface area contributed by atoms with Gasteiger partial charge in [0.15, 0.2) is 6.10 Å². The molecule has 0 spiro atoms. The van der Waals surface area contributed by atoms with E-state index < -0.39 is 6.10 Å². The summed E-state index contributed by atoms with van der Waals surface area (Å²) in [6.45, 7) is 1.87. The van der Waals surface area contributed by atoms with E-state index in [0.717, 1.165) is 0 Å². The van der Waals surface area contributed by atoms with Crippen molar-refractivity contribution in [2.75, 3.05) is 0 Å². The number of carbonyl (C=O) groups excluding carboxylic acids is 1. The molecule has 2 atom stereocenters. The van der Waals surface area contributed by atoms with Crippen LogP contribution in [0.4, 0.5) is 0 Å². The Morgan fingerprint density at radius 1 is 1.36 bits per heavy atom. The van der Waals surface area contributed by atoms with Gasteiger partial charge in [0.2, 0.25) is 0 Å². The van der Waals surface area contributed by atoms with Crippen LogP contribution in [0.3, 0.4) is 0 Å². The van der Waals surface area contributed by atoms with Crippen molar-refractivity contribution in [1.29, 1.82) is 0 Å². The van der Waals surface area contributed by atoms with Crippen molar-refractivity contribution in [3.63, 3.8) is 0 Å². The van der Waals surface area contributed by atoms with Crippen LogP contribution >= 0.6 is 0 Å². The van der Waals surface area contributed by atoms with E-state index in [1.807, 2.05) is 37.3 Å². The fraction of sp³-hybridized carbons (Fsp3) is 0.364. The molecule has 0 aromatic heterocycles. The number of rotatable bonds is 2. The van der Waals surface area contributed by atoms with Gasteiger partial charge in [0.25, 0.3) is 0 Å². The van der Waals surface area contributed by atoms with Gasteiger partial charge in [0, 0.05) is 6.42 Å². The summed E-state index contributed by atoms with van der Waals surface area (Å²) >= 11 is 0. The van der Waals surface area contributed by atoms with Crippen molar-refractivity contribution in [3.05, 3.63) is 30.3 Å². The van der Waals surface area contributed by atoms with E-state index in [-0.39, 0.29) is 12.1 Å². The van der Waals surface area contributed by atoms with Gasteiger partial charge in [-0.05, 0) is 19.1 Å². The van der Waals surface area contributed by atoms with E-state index >= 15 is 0 Å². The highest BCUT2D eigenvalue weighted by Gasteiger charge is 2.33. The van der Waals surface area contributed by atoms with E-state index in [0.29, 0.717) is 12.2 Å². The maximum Gasteiger partial charge on any atom is 0.347 e. The zero-order valence-corrected chi connectivity index (χ0v) is 7.97. The van der Waals surface area contributed by atoms with Gasteiger partial charge in [0.1, 0.15) is 11.9 Å². The van der Waals surface area contributed by atoms with Crippen LogP contribution in [-0.2, 0) is 9.53 Å². The minimum Gasteiger partial charge on any atom is -0.479 e. The van der Waals surface area contributed by atoms with Crippen LogP contribution < -0.4 is 4.74 Å². The molecule has 74 valence electrons. The molecule has 14 heavy (non-hydrogen) atoms. The number of cyclic esters (lactones) is 1. The third kappa shape index (κ3) is 1.87. The Morgan fingerprint density at radius 2 is 2.07 bits per heavy atom. The monoisotopic (exact) mass is 192 g/mol. The Kier molecular flexibility index (Phi) is 2.39. The predicted octanol–water partition coefficient (Wildman–Crippen LogP) is 1.77. The third-order valence-electron chi connectivity index (χ3n) is 2.15. The van der Waals surface area contributed by atoms with Crippen LogP contribution in [0.15, 0.2) is 30.3 Å². The third-order valence-corrected chi connectivity index (χ3v) is 2.15. The first kappa shape index (κ1) is 9.06. The highest BCUT2D eigenvalue weighted by Crippen LogP contribution is 2.20. The molecule has 1 aromatic carbocycles. The molecule has 1 aromatic rings. The highest BCUT2D eigenvalue weighted by atomic mass is 16.6. The van der Waals surface area contributed by atoms with Gasteiger partial charge in [-0.15, -0.1) is 0 Å². The first-order chi connectivity index (χ1) is 6.75. The van der Waals surface area contributed by atoms with Gasteiger partial charge in [-0.1, -0.05) is 18.2 Å². The SMILES string of the molecule is CC1CC(Oc2ccccc2)C(=O)O1. The molecule has 0 saturated carbocycles. The molecule has 0 bridgehead atoms. The van der Waals surface area contributed by atoms with E-state index in [1.165, 1.54) is 0 Å². The van der Waals surface area contributed by atoms with Crippen molar-refractivity contribution >= 4 is 5.97 Å². The zero-order chi connectivity index (χ0) is 9.97. The van der Waals surface area contributed by atoms with Crippen molar-refractivity contribution in [2.45, 2.75) is 25.6 Å². The summed E-state index contributed by atoms with van der Waals surface area (Å²) in [5.41, 5.74) is 0. The molecule has 2 rings (SSSR count). The molecule has 0 N–H and O–H groups in total. The van der Waals surface area contributed by atoms with Gasteiger partial charge >= 0.3 is 5.97 Å². The van der Waals surface area contributed by atoms with Crippen molar-refractivity contribution in [1.82, 2.24) is 0 Å². The first-order valence-electron chi connectivity index (χ1n) is 4.68. The summed E-state index contributed by atoms with van der Waals surface area (Å²) in [6.07, 6.45) is 0.164. The van der Waals surface area contributed by atoms with Gasteiger partial charge in [-0.3, -0.25) is 0 Å². The maximum absolute atomic E-state index is 11.2. The van der Waals surface area contributed by atoms with Crippen LogP contribution in [0.2, 0.25) is 0 Å². The van der Waals surface area contributed by atoms with E-state index in [2.05, 4.69) is 0 Å². The Morgan fingerprint density at radius 3 is 2.64 bits per heavy atom. The Hall–Kier alpha value is -1.51.